The van der Waals surface area contributed by atoms with Crippen LogP contribution in [-0.2, 0) is 4.79 Å². The first-order valence-corrected chi connectivity index (χ1v) is 8.48. The smallest absolute Gasteiger partial charge is 0.267 e. The van der Waals surface area contributed by atoms with E-state index in [-0.39, 0.29) is 5.91 Å². The number of piperidine rings is 1. The van der Waals surface area contributed by atoms with Crippen molar-refractivity contribution in [2.45, 2.75) is 48.7 Å². The Morgan fingerprint density at radius 3 is 2.52 bits per heavy atom. The Balaban J connectivity index is 1.52. The fraction of sp³-hybridized carbons (Fsp3) is 0.562. The van der Waals surface area contributed by atoms with E-state index in [1.807, 2.05) is 24.3 Å². The summed E-state index contributed by atoms with van der Waals surface area (Å²) in [5.41, 5.74) is 0. The van der Waals surface area contributed by atoms with Crippen LogP contribution < -0.4 is 9.47 Å². The average Bonchev–Trinajstić information content (AvgIpc) is 2.78. The van der Waals surface area contributed by atoms with Gasteiger partial charge in [0.25, 0.3) is 5.91 Å². The van der Waals surface area contributed by atoms with Crippen molar-refractivity contribution in [2.24, 2.45) is 0 Å². The molecule has 3 aliphatic heterocycles. The third-order valence-corrected chi connectivity index (χ3v) is 5.46. The van der Waals surface area contributed by atoms with Gasteiger partial charge in [-0.25, -0.2) is 0 Å². The van der Waals surface area contributed by atoms with E-state index >= 15 is 0 Å². The largest absolute Gasteiger partial charge is 0.485 e. The van der Waals surface area contributed by atoms with Crippen LogP contribution in [0.3, 0.4) is 0 Å². The number of halogens is 1. The molecule has 3 heterocycles. The number of amides is 1. The van der Waals surface area contributed by atoms with Crippen molar-refractivity contribution in [1.82, 2.24) is 4.90 Å². The number of benzene rings is 1. The van der Waals surface area contributed by atoms with Gasteiger partial charge in [-0.3, -0.25) is 4.79 Å². The number of hydrogen-bond donors (Lipinski definition) is 0. The van der Waals surface area contributed by atoms with Gasteiger partial charge in [-0.2, -0.15) is 0 Å². The number of alkyl halides is 1. The number of fused-ring (bicyclic) bond motifs is 3. The normalized spacial score (nSPS) is 33.9. The summed E-state index contributed by atoms with van der Waals surface area (Å²) in [4.78, 5) is 15.4. The molecular weight excluding hydrogens is 334 g/mol. The van der Waals surface area contributed by atoms with E-state index in [1.165, 1.54) is 0 Å². The van der Waals surface area contributed by atoms with E-state index in [0.29, 0.717) is 29.3 Å². The van der Waals surface area contributed by atoms with Crippen LogP contribution in [0.1, 0.15) is 25.7 Å². The lowest BCUT2D eigenvalue weighted by Crippen LogP contribution is -2.54. The van der Waals surface area contributed by atoms with Crippen LogP contribution in [0.2, 0.25) is 0 Å². The summed E-state index contributed by atoms with van der Waals surface area (Å²) in [5.74, 6) is 1.49. The zero-order chi connectivity index (χ0) is 14.4. The lowest BCUT2D eigenvalue weighted by molar-refractivity contribution is -0.145. The predicted molar refractivity (Wildman–Crippen MR) is 82.0 cm³/mol. The molecule has 0 radical (unpaired) electrons. The van der Waals surface area contributed by atoms with Crippen LogP contribution in [0.4, 0.5) is 0 Å². The van der Waals surface area contributed by atoms with Gasteiger partial charge in [-0.1, -0.05) is 28.1 Å². The molecule has 21 heavy (non-hydrogen) atoms. The standard InChI is InChI=1S/C16H18BrNO3/c17-10-7-11-5-6-12(8-10)18(11)16(19)15-9-20-13-3-1-2-4-14(13)21-15/h1-4,10-12,15H,5-9H2. The van der Waals surface area contributed by atoms with Gasteiger partial charge in [0.05, 0.1) is 0 Å². The van der Waals surface area contributed by atoms with Gasteiger partial charge in [0.1, 0.15) is 6.61 Å². The summed E-state index contributed by atoms with van der Waals surface area (Å²) in [6.07, 6.45) is 3.82. The lowest BCUT2D eigenvalue weighted by Gasteiger charge is -2.39. The maximum absolute atomic E-state index is 12.8. The van der Waals surface area contributed by atoms with E-state index in [2.05, 4.69) is 20.8 Å². The van der Waals surface area contributed by atoms with Gasteiger partial charge in [-0.05, 0) is 37.8 Å². The van der Waals surface area contributed by atoms with Crippen LogP contribution in [-0.4, -0.2) is 40.4 Å². The Kier molecular flexibility index (Phi) is 3.32. The second kappa shape index (κ2) is 5.20. The Hall–Kier alpha value is -1.23. The maximum Gasteiger partial charge on any atom is 0.267 e. The highest BCUT2D eigenvalue weighted by Crippen LogP contribution is 2.40. The monoisotopic (exact) mass is 351 g/mol. The molecule has 2 bridgehead atoms. The second-order valence-electron chi connectivity index (χ2n) is 6.06. The first-order valence-electron chi connectivity index (χ1n) is 7.57. The first kappa shape index (κ1) is 13.4. The molecule has 0 aromatic heterocycles. The molecule has 0 spiro atoms. The highest BCUT2D eigenvalue weighted by atomic mass is 79.9. The number of nitrogens with zero attached hydrogens (tertiary/aromatic N) is 1. The van der Waals surface area contributed by atoms with Crippen LogP contribution >= 0.6 is 15.9 Å². The minimum absolute atomic E-state index is 0.0939. The van der Waals surface area contributed by atoms with E-state index in [0.717, 1.165) is 31.4 Å². The van der Waals surface area contributed by atoms with Crippen molar-refractivity contribution < 1.29 is 14.3 Å². The average molecular weight is 352 g/mol. The molecule has 1 aromatic carbocycles. The molecule has 2 saturated heterocycles. The molecule has 0 saturated carbocycles. The summed E-state index contributed by atoms with van der Waals surface area (Å²) < 4.78 is 11.5. The van der Waals surface area contributed by atoms with Gasteiger partial charge in [0.2, 0.25) is 6.10 Å². The van der Waals surface area contributed by atoms with E-state index in [1.54, 1.807) is 0 Å². The number of carbonyl (C=O) groups excluding carboxylic acids is 1. The molecule has 4 rings (SSSR count). The molecule has 3 atom stereocenters. The van der Waals surface area contributed by atoms with E-state index < -0.39 is 6.10 Å². The SMILES string of the molecule is O=C(C1COc2ccccc2O1)N1C2CCC1CC(Br)C2. The van der Waals surface area contributed by atoms with Gasteiger partial charge >= 0.3 is 0 Å². The van der Waals surface area contributed by atoms with Crippen molar-refractivity contribution in [3.05, 3.63) is 24.3 Å². The fourth-order valence-corrected chi connectivity index (χ4v) is 4.64. The third-order valence-electron chi connectivity index (χ3n) is 4.71. The molecule has 3 aliphatic rings. The molecule has 3 unspecified atom stereocenters. The first-order chi connectivity index (χ1) is 10.2. The van der Waals surface area contributed by atoms with Crippen LogP contribution in [0, 0.1) is 0 Å². The van der Waals surface area contributed by atoms with E-state index in [9.17, 15) is 4.79 Å². The third kappa shape index (κ3) is 2.31. The van der Waals surface area contributed by atoms with Gasteiger partial charge in [0.15, 0.2) is 11.5 Å². The fourth-order valence-electron chi connectivity index (χ4n) is 3.78. The maximum atomic E-state index is 12.8. The summed E-state index contributed by atoms with van der Waals surface area (Å²) in [7, 11) is 0. The zero-order valence-corrected chi connectivity index (χ0v) is 13.3. The highest BCUT2D eigenvalue weighted by molar-refractivity contribution is 9.09. The van der Waals surface area contributed by atoms with Crippen LogP contribution in [0.25, 0.3) is 0 Å². The van der Waals surface area contributed by atoms with Crippen molar-refractivity contribution in [1.29, 1.82) is 0 Å². The number of carbonyl (C=O) groups is 1. The quantitative estimate of drug-likeness (QED) is 0.730. The minimum Gasteiger partial charge on any atom is -0.485 e. The zero-order valence-electron chi connectivity index (χ0n) is 11.7. The molecule has 1 amide bonds. The second-order valence-corrected chi connectivity index (χ2v) is 7.36. The molecule has 5 heteroatoms. The van der Waals surface area contributed by atoms with Gasteiger partial charge in [-0.15, -0.1) is 0 Å². The van der Waals surface area contributed by atoms with Crippen LogP contribution in [0.15, 0.2) is 24.3 Å². The Labute approximate surface area is 132 Å². The summed E-state index contributed by atoms with van der Waals surface area (Å²) in [5, 5.41) is 0. The van der Waals surface area contributed by atoms with E-state index in [4.69, 9.17) is 9.47 Å². The predicted octanol–water partition coefficient (Wildman–Crippen LogP) is 2.74. The molecule has 4 nitrogen and oxygen atoms in total. The molecule has 2 fully saturated rings. The Morgan fingerprint density at radius 2 is 1.81 bits per heavy atom. The van der Waals surface area contributed by atoms with Gasteiger partial charge < -0.3 is 14.4 Å². The number of rotatable bonds is 1. The molecule has 1 aromatic rings. The topological polar surface area (TPSA) is 38.8 Å². The van der Waals surface area contributed by atoms with Crippen molar-refractivity contribution in [3.63, 3.8) is 0 Å². The Morgan fingerprint density at radius 1 is 1.14 bits per heavy atom. The Bertz CT molecular complexity index is 550. The molecular formula is C16H18BrNO3. The summed E-state index contributed by atoms with van der Waals surface area (Å²) in [6.45, 7) is 0.309. The molecule has 0 aliphatic carbocycles. The highest BCUT2D eigenvalue weighted by Gasteiger charge is 2.45. The number of para-hydroxylation sites is 2. The van der Waals surface area contributed by atoms with Crippen LogP contribution in [0.5, 0.6) is 11.5 Å². The number of ether oxygens (including phenoxy) is 2. The van der Waals surface area contributed by atoms with Gasteiger partial charge in [0, 0.05) is 16.9 Å². The summed E-state index contributed by atoms with van der Waals surface area (Å²) in [6, 6.07) is 8.26. The van der Waals surface area contributed by atoms with Crippen molar-refractivity contribution in [3.8, 4) is 11.5 Å². The lowest BCUT2D eigenvalue weighted by atomic mass is 10.0. The molecule has 0 N–H and O–H groups in total. The molecule has 112 valence electrons. The summed E-state index contributed by atoms with van der Waals surface area (Å²) >= 11 is 3.71. The van der Waals surface area contributed by atoms with Crippen molar-refractivity contribution in [2.75, 3.05) is 6.61 Å². The van der Waals surface area contributed by atoms with Crippen molar-refractivity contribution >= 4 is 21.8 Å². The minimum atomic E-state index is -0.505. The number of hydrogen-bond acceptors (Lipinski definition) is 3.